The molecule has 8 heteroatoms. The summed E-state index contributed by atoms with van der Waals surface area (Å²) < 4.78 is 0. The van der Waals surface area contributed by atoms with E-state index in [2.05, 4.69) is 30.3 Å². The van der Waals surface area contributed by atoms with Crippen LogP contribution in [0.5, 0.6) is 0 Å². The molecule has 1 aliphatic rings. The van der Waals surface area contributed by atoms with Gasteiger partial charge in [-0.05, 0) is 38.9 Å². The summed E-state index contributed by atoms with van der Waals surface area (Å²) in [6.45, 7) is 4.07. The van der Waals surface area contributed by atoms with Crippen molar-refractivity contribution in [3.05, 3.63) is 29.4 Å². The Bertz CT molecular complexity index is 676. The molecule has 1 saturated heterocycles. The van der Waals surface area contributed by atoms with Crippen molar-refractivity contribution in [3.63, 3.8) is 0 Å². The van der Waals surface area contributed by atoms with E-state index in [1.54, 1.807) is 6.20 Å². The highest BCUT2D eigenvalue weighted by molar-refractivity contribution is 7.13. The summed E-state index contributed by atoms with van der Waals surface area (Å²) in [5.74, 6) is 0.881. The largest absolute Gasteiger partial charge is 0.351 e. The number of likely N-dealkylation sites (N-methyl/N-ethyl adjacent to an activating group) is 1. The van der Waals surface area contributed by atoms with Gasteiger partial charge in [-0.1, -0.05) is 0 Å². The van der Waals surface area contributed by atoms with Gasteiger partial charge in [0.15, 0.2) is 10.9 Å². The lowest BCUT2D eigenvalue weighted by molar-refractivity contribution is -0.117. The number of carbonyl (C=O) groups is 1. The zero-order valence-corrected chi connectivity index (χ0v) is 14.8. The number of nitrogens with one attached hydrogen (secondary N) is 1. The van der Waals surface area contributed by atoms with Gasteiger partial charge in [0, 0.05) is 30.7 Å². The van der Waals surface area contributed by atoms with Crippen molar-refractivity contribution in [1.82, 2.24) is 20.1 Å². The van der Waals surface area contributed by atoms with Crippen LogP contribution in [0.3, 0.4) is 0 Å². The smallest absolute Gasteiger partial charge is 0.240 e. The molecule has 0 radical (unpaired) electrons. The van der Waals surface area contributed by atoms with Crippen LogP contribution in [0.1, 0.15) is 18.5 Å². The van der Waals surface area contributed by atoms with E-state index in [-0.39, 0.29) is 5.91 Å². The van der Waals surface area contributed by atoms with Crippen LogP contribution in [0.15, 0.2) is 23.7 Å². The maximum Gasteiger partial charge on any atom is 0.240 e. The molecule has 7 nitrogen and oxygen atoms in total. The van der Waals surface area contributed by atoms with Crippen molar-refractivity contribution < 1.29 is 4.79 Å². The molecule has 0 unspecified atom stereocenters. The van der Waals surface area contributed by atoms with E-state index in [0.29, 0.717) is 17.7 Å². The molecule has 1 N–H and O–H groups in total. The van der Waals surface area contributed by atoms with E-state index in [9.17, 15) is 4.79 Å². The number of aryl methyl sites for hydroxylation is 1. The highest BCUT2D eigenvalue weighted by Gasteiger charge is 2.27. The van der Waals surface area contributed by atoms with Crippen molar-refractivity contribution in [2.24, 2.45) is 0 Å². The van der Waals surface area contributed by atoms with Crippen molar-refractivity contribution in [1.29, 1.82) is 0 Å². The first kappa shape index (κ1) is 16.8. The molecule has 0 spiro atoms. The van der Waals surface area contributed by atoms with Crippen LogP contribution in [0, 0.1) is 6.92 Å². The number of nitrogens with zero attached hydrogens (tertiary/aromatic N) is 5. The number of carbonyl (C=O) groups excluding carboxylic acids is 1. The number of aromatic nitrogens is 3. The number of hydrogen-bond donors (Lipinski definition) is 1. The molecule has 1 atom stereocenters. The molecule has 2 aromatic rings. The van der Waals surface area contributed by atoms with Gasteiger partial charge in [-0.25, -0.2) is 4.98 Å². The third kappa shape index (κ3) is 4.27. The third-order valence-electron chi connectivity index (χ3n) is 4.03. The second-order valence-corrected chi connectivity index (χ2v) is 6.97. The maximum atomic E-state index is 12.1. The van der Waals surface area contributed by atoms with Crippen LogP contribution in [0.4, 0.5) is 10.9 Å². The van der Waals surface area contributed by atoms with Gasteiger partial charge in [-0.3, -0.25) is 9.69 Å². The fourth-order valence-corrected chi connectivity index (χ4v) is 3.72. The van der Waals surface area contributed by atoms with Gasteiger partial charge in [0.25, 0.3) is 0 Å². The molecule has 1 amide bonds. The molecule has 3 heterocycles. The molecule has 1 aliphatic heterocycles. The number of rotatable bonds is 6. The second-order valence-electron chi connectivity index (χ2n) is 6.11. The van der Waals surface area contributed by atoms with E-state index in [0.717, 1.165) is 37.4 Å². The lowest BCUT2D eigenvalue weighted by Crippen LogP contribution is -2.42. The quantitative estimate of drug-likeness (QED) is 0.859. The molecule has 0 aliphatic carbocycles. The first-order chi connectivity index (χ1) is 11.6. The lowest BCUT2D eigenvalue weighted by Gasteiger charge is -2.28. The summed E-state index contributed by atoms with van der Waals surface area (Å²) in [6, 6.07) is 4.26. The Kier molecular flexibility index (Phi) is 5.37. The molecule has 2 aromatic heterocycles. The Hall–Kier alpha value is -2.06. The van der Waals surface area contributed by atoms with E-state index >= 15 is 0 Å². The number of anilines is 2. The van der Waals surface area contributed by atoms with Crippen LogP contribution in [0.2, 0.25) is 0 Å². The van der Waals surface area contributed by atoms with Crippen LogP contribution < -0.4 is 10.2 Å². The Morgan fingerprint density at radius 1 is 1.54 bits per heavy atom. The first-order valence-corrected chi connectivity index (χ1v) is 8.94. The molecule has 0 aromatic carbocycles. The van der Waals surface area contributed by atoms with Crippen LogP contribution in [-0.4, -0.2) is 58.7 Å². The van der Waals surface area contributed by atoms with Gasteiger partial charge in [0.05, 0.1) is 12.2 Å². The molecule has 128 valence electrons. The van der Waals surface area contributed by atoms with Crippen LogP contribution in [-0.2, 0) is 4.79 Å². The van der Waals surface area contributed by atoms with Crippen LogP contribution >= 0.6 is 11.3 Å². The summed E-state index contributed by atoms with van der Waals surface area (Å²) in [4.78, 5) is 20.7. The third-order valence-corrected chi connectivity index (χ3v) is 4.91. The molecular weight excluding hydrogens is 324 g/mol. The minimum atomic E-state index is -0.0316. The average Bonchev–Trinajstić information content (AvgIpc) is 3.17. The number of amides is 1. The Morgan fingerprint density at radius 2 is 2.42 bits per heavy atom. The molecule has 1 fully saturated rings. The minimum Gasteiger partial charge on any atom is -0.351 e. The van der Waals surface area contributed by atoms with Gasteiger partial charge in [-0.15, -0.1) is 16.4 Å². The highest BCUT2D eigenvalue weighted by atomic mass is 32.1. The summed E-state index contributed by atoms with van der Waals surface area (Å²) in [7, 11) is 1.97. The highest BCUT2D eigenvalue weighted by Crippen LogP contribution is 2.23. The first-order valence-electron chi connectivity index (χ1n) is 8.06. The van der Waals surface area contributed by atoms with Gasteiger partial charge in [0.1, 0.15) is 0 Å². The van der Waals surface area contributed by atoms with Crippen molar-refractivity contribution in [2.45, 2.75) is 25.8 Å². The molecule has 0 bridgehead atoms. The summed E-state index contributed by atoms with van der Waals surface area (Å²) >= 11 is 1.45. The van der Waals surface area contributed by atoms with E-state index in [1.165, 1.54) is 11.3 Å². The summed E-state index contributed by atoms with van der Waals surface area (Å²) in [5.41, 5.74) is 0.925. The fraction of sp³-hybridized carbons (Fsp3) is 0.500. The van der Waals surface area contributed by atoms with E-state index < -0.39 is 0 Å². The van der Waals surface area contributed by atoms with Gasteiger partial charge in [0.2, 0.25) is 5.91 Å². The standard InChI is InChI=1S/C16H22N6OS/c1-12-11-24-16(18-12)19-15(23)10-21(2)9-13-5-4-8-22(13)14-6-3-7-17-20-14/h3,6-7,11,13H,4-5,8-10H2,1-2H3,(H,18,19,23)/t13-/m1/s1. The van der Waals surface area contributed by atoms with Gasteiger partial charge in [-0.2, -0.15) is 5.10 Å². The minimum absolute atomic E-state index is 0.0316. The summed E-state index contributed by atoms with van der Waals surface area (Å²) in [6.07, 6.45) is 3.93. The Labute approximate surface area is 145 Å². The van der Waals surface area contributed by atoms with E-state index in [1.807, 2.05) is 31.5 Å². The predicted molar refractivity (Wildman–Crippen MR) is 95.4 cm³/mol. The molecule has 0 saturated carbocycles. The van der Waals surface area contributed by atoms with Crippen LogP contribution in [0.25, 0.3) is 0 Å². The Morgan fingerprint density at radius 3 is 3.12 bits per heavy atom. The second kappa shape index (κ2) is 7.67. The predicted octanol–water partition coefficient (Wildman–Crippen LogP) is 1.78. The topological polar surface area (TPSA) is 74.2 Å². The van der Waals surface area contributed by atoms with Crippen molar-refractivity contribution in [3.8, 4) is 0 Å². The molecule has 3 rings (SSSR count). The number of thiazole rings is 1. The number of hydrogen-bond acceptors (Lipinski definition) is 7. The average molecular weight is 346 g/mol. The van der Waals surface area contributed by atoms with Gasteiger partial charge < -0.3 is 10.2 Å². The van der Waals surface area contributed by atoms with Gasteiger partial charge >= 0.3 is 0 Å². The summed E-state index contributed by atoms with van der Waals surface area (Å²) in [5, 5.41) is 13.6. The molecule has 24 heavy (non-hydrogen) atoms. The maximum absolute atomic E-state index is 12.1. The molecular formula is C16H22N6OS. The lowest BCUT2D eigenvalue weighted by atomic mass is 10.2. The SMILES string of the molecule is Cc1csc(NC(=O)CN(C)C[C@H]2CCCN2c2cccnn2)n1. The zero-order valence-electron chi connectivity index (χ0n) is 14.0. The fourth-order valence-electron chi connectivity index (χ4n) is 3.01. The zero-order chi connectivity index (χ0) is 16.9. The van der Waals surface area contributed by atoms with Crippen molar-refractivity contribution in [2.75, 3.05) is 36.9 Å². The monoisotopic (exact) mass is 346 g/mol. The van der Waals surface area contributed by atoms with Crippen molar-refractivity contribution >= 4 is 28.2 Å². The normalized spacial score (nSPS) is 17.5. The Balaban J connectivity index is 1.52. The van der Waals surface area contributed by atoms with E-state index in [4.69, 9.17) is 0 Å².